The van der Waals surface area contributed by atoms with Crippen molar-refractivity contribution in [2.24, 2.45) is 0 Å². The molecule has 2 fully saturated rings. The Morgan fingerprint density at radius 2 is 2.06 bits per heavy atom. The maximum atomic E-state index is 12.7. The summed E-state index contributed by atoms with van der Waals surface area (Å²) in [6.07, 6.45) is 2.64. The van der Waals surface area contributed by atoms with E-state index < -0.39 is 41.4 Å². The van der Waals surface area contributed by atoms with E-state index in [0.717, 1.165) is 13.0 Å². The Morgan fingerprint density at radius 1 is 1.31 bits per heavy atom. The van der Waals surface area contributed by atoms with Crippen LogP contribution < -0.4 is 16.6 Å². The van der Waals surface area contributed by atoms with Crippen LogP contribution in [0.15, 0.2) is 28.0 Å². The standard InChI is InChI=1S/C21H29N5O6/c1-5-7-25-10-13(12(2)24-25)19(28)22-9-15-18-17(31-21(3,4)32-18)14(11-30-15)26-8-6-16(27)23-20(26)29/h6,8,10,14-15,17-18H,5,7,9,11H2,1-4H3,(H,22,28)(H,23,27,29)/t14-,15-,17+,18-/m1/s1. The number of hydrogen-bond donors (Lipinski definition) is 2. The van der Waals surface area contributed by atoms with Crippen molar-refractivity contribution in [3.8, 4) is 0 Å². The van der Waals surface area contributed by atoms with E-state index in [1.165, 1.54) is 16.8 Å². The number of amides is 1. The number of H-pyrrole nitrogens is 1. The predicted octanol–water partition coefficient (Wildman–Crippen LogP) is 0.342. The molecule has 0 aromatic carbocycles. The number of carbonyl (C=O) groups excluding carboxylic acids is 1. The van der Waals surface area contributed by atoms with Gasteiger partial charge in [-0.1, -0.05) is 6.92 Å². The highest BCUT2D eigenvalue weighted by Crippen LogP contribution is 2.39. The fourth-order valence-electron chi connectivity index (χ4n) is 4.29. The van der Waals surface area contributed by atoms with Crippen molar-refractivity contribution in [3.05, 3.63) is 50.6 Å². The highest BCUT2D eigenvalue weighted by atomic mass is 16.8. The van der Waals surface area contributed by atoms with E-state index in [4.69, 9.17) is 14.2 Å². The SMILES string of the molecule is CCCn1cc(C(=O)NC[C@H]2OC[C@@H](n3ccc(=O)[nH]c3=O)[C@@H]3OC(C)(C)O[C@@H]32)c(C)n1. The molecular weight excluding hydrogens is 418 g/mol. The molecule has 4 atom stereocenters. The summed E-state index contributed by atoms with van der Waals surface area (Å²) in [5.74, 6) is -1.12. The average Bonchev–Trinajstić information content (AvgIpc) is 3.25. The second-order valence-electron chi connectivity index (χ2n) is 8.62. The van der Waals surface area contributed by atoms with Gasteiger partial charge in [0.05, 0.1) is 23.9 Å². The Hall–Kier alpha value is -2.76. The molecule has 11 heteroatoms. The number of aryl methyl sites for hydroxylation is 2. The van der Waals surface area contributed by atoms with E-state index in [-0.39, 0.29) is 19.1 Å². The van der Waals surface area contributed by atoms with E-state index in [0.29, 0.717) is 11.3 Å². The van der Waals surface area contributed by atoms with Crippen LogP contribution in [0.4, 0.5) is 0 Å². The molecule has 2 aliphatic rings. The number of rotatable bonds is 6. The molecule has 2 saturated heterocycles. The van der Waals surface area contributed by atoms with Crippen molar-refractivity contribution in [2.75, 3.05) is 13.2 Å². The molecular formula is C21H29N5O6. The van der Waals surface area contributed by atoms with Crippen LogP contribution in [0.1, 0.15) is 49.3 Å². The number of nitrogens with zero attached hydrogens (tertiary/aromatic N) is 3. The van der Waals surface area contributed by atoms with Gasteiger partial charge in [0, 0.05) is 31.5 Å². The minimum absolute atomic E-state index is 0.167. The maximum Gasteiger partial charge on any atom is 0.328 e. The molecule has 2 aromatic rings. The molecule has 2 aliphatic heterocycles. The summed E-state index contributed by atoms with van der Waals surface area (Å²) in [6, 6.07) is 0.803. The fraction of sp³-hybridized carbons (Fsp3) is 0.619. The van der Waals surface area contributed by atoms with Gasteiger partial charge in [-0.2, -0.15) is 5.10 Å². The molecule has 4 heterocycles. The smallest absolute Gasteiger partial charge is 0.328 e. The summed E-state index contributed by atoms with van der Waals surface area (Å²) >= 11 is 0. The third-order valence-corrected chi connectivity index (χ3v) is 5.71. The van der Waals surface area contributed by atoms with E-state index in [1.807, 2.05) is 6.92 Å². The summed E-state index contributed by atoms with van der Waals surface area (Å²) in [6.45, 7) is 8.56. The van der Waals surface area contributed by atoms with Gasteiger partial charge in [-0.05, 0) is 27.2 Å². The van der Waals surface area contributed by atoms with Gasteiger partial charge >= 0.3 is 5.69 Å². The van der Waals surface area contributed by atoms with Crippen molar-refractivity contribution in [1.82, 2.24) is 24.6 Å². The lowest BCUT2D eigenvalue weighted by Gasteiger charge is -2.37. The average molecular weight is 447 g/mol. The van der Waals surface area contributed by atoms with E-state index >= 15 is 0 Å². The normalized spacial score (nSPS) is 26.6. The quantitative estimate of drug-likeness (QED) is 0.653. The monoisotopic (exact) mass is 447 g/mol. The fourth-order valence-corrected chi connectivity index (χ4v) is 4.29. The van der Waals surface area contributed by atoms with Crippen molar-refractivity contribution in [3.63, 3.8) is 0 Å². The van der Waals surface area contributed by atoms with Crippen LogP contribution in [0, 0.1) is 6.92 Å². The van der Waals surface area contributed by atoms with Gasteiger partial charge in [0.2, 0.25) is 0 Å². The third-order valence-electron chi connectivity index (χ3n) is 5.71. The molecule has 0 spiro atoms. The summed E-state index contributed by atoms with van der Waals surface area (Å²) in [5.41, 5.74) is 0.177. The summed E-state index contributed by atoms with van der Waals surface area (Å²) in [5, 5.41) is 7.28. The minimum Gasteiger partial charge on any atom is -0.371 e. The van der Waals surface area contributed by atoms with Crippen LogP contribution >= 0.6 is 0 Å². The predicted molar refractivity (Wildman–Crippen MR) is 114 cm³/mol. The van der Waals surface area contributed by atoms with E-state index in [9.17, 15) is 14.4 Å². The first-order chi connectivity index (χ1) is 15.2. The number of nitrogens with one attached hydrogen (secondary N) is 2. The van der Waals surface area contributed by atoms with Crippen LogP contribution in [0.5, 0.6) is 0 Å². The molecule has 11 nitrogen and oxygen atoms in total. The number of carbonyl (C=O) groups is 1. The Kier molecular flexibility index (Phi) is 6.06. The molecule has 2 aromatic heterocycles. The first-order valence-electron chi connectivity index (χ1n) is 10.8. The van der Waals surface area contributed by atoms with Crippen LogP contribution in [0.25, 0.3) is 0 Å². The van der Waals surface area contributed by atoms with Crippen LogP contribution in [-0.4, -0.2) is 62.5 Å². The largest absolute Gasteiger partial charge is 0.371 e. The molecule has 2 N–H and O–H groups in total. The Bertz CT molecular complexity index is 1100. The van der Waals surface area contributed by atoms with Crippen molar-refractivity contribution in [1.29, 1.82) is 0 Å². The van der Waals surface area contributed by atoms with Crippen LogP contribution in [0.2, 0.25) is 0 Å². The zero-order chi connectivity index (χ0) is 23.0. The Balaban J connectivity index is 1.49. The Labute approximate surface area is 184 Å². The van der Waals surface area contributed by atoms with Gasteiger partial charge in [0.25, 0.3) is 11.5 Å². The van der Waals surface area contributed by atoms with Gasteiger partial charge in [-0.3, -0.25) is 23.8 Å². The second-order valence-corrected chi connectivity index (χ2v) is 8.62. The summed E-state index contributed by atoms with van der Waals surface area (Å²) < 4.78 is 21.3. The topological polar surface area (TPSA) is 129 Å². The van der Waals surface area contributed by atoms with Crippen molar-refractivity contribution in [2.45, 2.75) is 70.8 Å². The zero-order valence-electron chi connectivity index (χ0n) is 18.7. The van der Waals surface area contributed by atoms with Crippen molar-refractivity contribution >= 4 is 5.91 Å². The number of ether oxygens (including phenoxy) is 3. The second kappa shape index (κ2) is 8.64. The zero-order valence-corrected chi connectivity index (χ0v) is 18.7. The maximum absolute atomic E-state index is 12.7. The highest BCUT2D eigenvalue weighted by molar-refractivity contribution is 5.95. The summed E-state index contributed by atoms with van der Waals surface area (Å²) in [4.78, 5) is 38.7. The molecule has 0 unspecified atom stereocenters. The van der Waals surface area contributed by atoms with Gasteiger partial charge in [-0.15, -0.1) is 0 Å². The molecule has 0 saturated carbocycles. The van der Waals surface area contributed by atoms with Gasteiger partial charge in [0.1, 0.15) is 18.3 Å². The first kappa shape index (κ1) is 22.4. The molecule has 0 radical (unpaired) electrons. The molecule has 0 aliphatic carbocycles. The lowest BCUT2D eigenvalue weighted by atomic mass is 9.97. The molecule has 1 amide bonds. The molecule has 0 bridgehead atoms. The summed E-state index contributed by atoms with van der Waals surface area (Å²) in [7, 11) is 0. The van der Waals surface area contributed by atoms with E-state index in [2.05, 4.69) is 15.4 Å². The molecule has 4 rings (SSSR count). The number of aromatic amines is 1. The highest BCUT2D eigenvalue weighted by Gasteiger charge is 2.52. The Morgan fingerprint density at radius 3 is 2.78 bits per heavy atom. The third kappa shape index (κ3) is 4.41. The van der Waals surface area contributed by atoms with Crippen LogP contribution in [0.3, 0.4) is 0 Å². The lowest BCUT2D eigenvalue weighted by molar-refractivity contribution is -0.153. The number of aromatic nitrogens is 4. The minimum atomic E-state index is -0.882. The lowest BCUT2D eigenvalue weighted by Crippen LogP contribution is -2.54. The van der Waals surface area contributed by atoms with Gasteiger partial charge in [-0.25, -0.2) is 4.79 Å². The van der Waals surface area contributed by atoms with Crippen LogP contribution in [-0.2, 0) is 20.8 Å². The number of hydrogen-bond acceptors (Lipinski definition) is 7. The van der Waals surface area contributed by atoms with Gasteiger partial charge < -0.3 is 19.5 Å². The first-order valence-corrected chi connectivity index (χ1v) is 10.8. The van der Waals surface area contributed by atoms with Crippen molar-refractivity contribution < 1.29 is 19.0 Å². The number of fused-ring (bicyclic) bond motifs is 1. The molecule has 32 heavy (non-hydrogen) atoms. The molecule has 174 valence electrons. The van der Waals surface area contributed by atoms with E-state index in [1.54, 1.807) is 31.6 Å². The van der Waals surface area contributed by atoms with Gasteiger partial charge in [0.15, 0.2) is 5.79 Å².